The van der Waals surface area contributed by atoms with Crippen molar-refractivity contribution in [2.45, 2.75) is 90.3 Å². The summed E-state index contributed by atoms with van der Waals surface area (Å²) in [5, 5.41) is 32.5. The Labute approximate surface area is 291 Å². The van der Waals surface area contributed by atoms with E-state index in [1.807, 2.05) is 24.3 Å². The zero-order valence-electron chi connectivity index (χ0n) is 28.2. The van der Waals surface area contributed by atoms with E-state index in [0.717, 1.165) is 42.8 Å². The molecule has 3 aromatic heterocycles. The van der Waals surface area contributed by atoms with Crippen molar-refractivity contribution in [1.82, 2.24) is 35.5 Å². The number of carbonyl (C=O) groups is 1. The Morgan fingerprint density at radius 1 is 1.18 bits per heavy atom. The molecule has 0 radical (unpaired) electrons. The number of halogens is 1. The van der Waals surface area contributed by atoms with E-state index in [4.69, 9.17) is 35.5 Å². The number of nitrogens with zero attached hydrogens (tertiary/aromatic N) is 7. The van der Waals surface area contributed by atoms with Gasteiger partial charge in [-0.3, -0.25) is 0 Å². The molecule has 1 saturated heterocycles. The van der Waals surface area contributed by atoms with Crippen molar-refractivity contribution in [3.63, 3.8) is 0 Å². The Morgan fingerprint density at radius 3 is 2.71 bits per heavy atom. The predicted octanol–water partition coefficient (Wildman–Crippen LogP) is 5.13. The van der Waals surface area contributed by atoms with E-state index in [2.05, 4.69) is 49.5 Å². The van der Waals surface area contributed by atoms with E-state index in [1.54, 1.807) is 20.0 Å². The molecule has 0 amide bonds. The van der Waals surface area contributed by atoms with Gasteiger partial charge >= 0.3 is 6.16 Å². The third kappa shape index (κ3) is 10.2. The highest BCUT2D eigenvalue weighted by atomic mass is 35.5. The van der Waals surface area contributed by atoms with E-state index >= 15 is 0 Å². The first-order valence-electron chi connectivity index (χ1n) is 16.8. The number of ether oxygens (including phenoxy) is 4. The van der Waals surface area contributed by atoms with E-state index in [-0.39, 0.29) is 25.3 Å². The van der Waals surface area contributed by atoms with Gasteiger partial charge in [0.15, 0.2) is 12.1 Å². The second-order valence-electron chi connectivity index (χ2n) is 12.5. The molecule has 264 valence electrons. The van der Waals surface area contributed by atoms with Crippen molar-refractivity contribution in [3.8, 4) is 17.3 Å². The first kappa shape index (κ1) is 36.2. The average Bonchev–Trinajstić information content (AvgIpc) is 3.58. The van der Waals surface area contributed by atoms with Gasteiger partial charge in [0.2, 0.25) is 0 Å². The number of aromatic nitrogens is 6. The van der Waals surface area contributed by atoms with Crippen LogP contribution < -0.4 is 16.0 Å². The molecule has 5 rings (SSSR count). The van der Waals surface area contributed by atoms with Gasteiger partial charge in [-0.25, -0.2) is 14.8 Å². The van der Waals surface area contributed by atoms with E-state index in [9.17, 15) is 10.1 Å². The standard InChI is InChI=1S/C33H45ClN10O5/c1-4-48-32(45)49-23(3)44-31(41-42-43-44)19-47-18-22(2)38-24-8-10-25(11-9-24)39-30-16-26(27(34)17-36-30)28-6-5-7-29(40-28)37-21-33(20-35)12-14-46-15-13-33/h5-7,16-17,22-25,38H,4,8-15,18-19,21H2,1-3H3,(H,36,39)(H,37,40)/t22-,23-,24-,25-/m1/s1. The van der Waals surface area contributed by atoms with Gasteiger partial charge in [-0.2, -0.15) is 9.94 Å². The summed E-state index contributed by atoms with van der Waals surface area (Å²) in [5.74, 6) is 1.91. The molecule has 0 bridgehead atoms. The van der Waals surface area contributed by atoms with Gasteiger partial charge in [0.05, 0.1) is 35.4 Å². The Bertz CT molecular complexity index is 1550. The number of hydrogen-bond donors (Lipinski definition) is 3. The lowest BCUT2D eigenvalue weighted by Gasteiger charge is -2.32. The van der Waals surface area contributed by atoms with Crippen LogP contribution >= 0.6 is 11.6 Å². The summed E-state index contributed by atoms with van der Waals surface area (Å²) in [6, 6.07) is 11.0. The molecule has 2 atom stereocenters. The molecule has 0 aromatic carbocycles. The largest absolute Gasteiger partial charge is 0.510 e. The summed E-state index contributed by atoms with van der Waals surface area (Å²) >= 11 is 6.59. The number of rotatable bonds is 15. The van der Waals surface area contributed by atoms with Crippen LogP contribution in [0.1, 0.15) is 71.3 Å². The van der Waals surface area contributed by atoms with Crippen LogP contribution in [0, 0.1) is 16.7 Å². The Kier molecular flexibility index (Phi) is 12.9. The fraction of sp³-hybridized carbons (Fsp3) is 0.606. The third-order valence-electron chi connectivity index (χ3n) is 8.81. The van der Waals surface area contributed by atoms with E-state index in [0.29, 0.717) is 61.9 Å². The predicted molar refractivity (Wildman–Crippen MR) is 182 cm³/mol. The molecule has 2 fully saturated rings. The highest BCUT2D eigenvalue weighted by Crippen LogP contribution is 2.32. The zero-order chi connectivity index (χ0) is 34.6. The van der Waals surface area contributed by atoms with Gasteiger partial charge < -0.3 is 34.9 Å². The molecule has 1 saturated carbocycles. The highest BCUT2D eigenvalue weighted by Gasteiger charge is 2.32. The van der Waals surface area contributed by atoms with Gasteiger partial charge in [0.1, 0.15) is 18.2 Å². The minimum absolute atomic E-state index is 0.118. The van der Waals surface area contributed by atoms with Crippen LogP contribution in [-0.4, -0.2) is 87.4 Å². The molecule has 3 N–H and O–H groups in total. The molecule has 1 aliphatic carbocycles. The molecule has 1 aliphatic heterocycles. The Morgan fingerprint density at radius 2 is 1.96 bits per heavy atom. The lowest BCUT2D eigenvalue weighted by molar-refractivity contribution is -0.00389. The molecular weight excluding hydrogens is 652 g/mol. The number of pyridine rings is 2. The topological polar surface area (TPSA) is 183 Å². The SMILES string of the molecule is CCOC(=O)O[C@H](C)n1nnnc1COC[C@@H](C)N[C@H]1CC[C@H](Nc2cc(-c3cccc(NCC4(C#N)CCOCC4)n3)c(Cl)cn2)CC1. The van der Waals surface area contributed by atoms with Gasteiger partial charge in [-0.15, -0.1) is 5.10 Å². The summed E-state index contributed by atoms with van der Waals surface area (Å²) in [5.41, 5.74) is 1.08. The first-order chi connectivity index (χ1) is 23.8. The van der Waals surface area contributed by atoms with Gasteiger partial charge in [-0.1, -0.05) is 17.7 Å². The monoisotopic (exact) mass is 696 g/mol. The van der Waals surface area contributed by atoms with Gasteiger partial charge in [0.25, 0.3) is 0 Å². The molecule has 15 nitrogen and oxygen atoms in total. The number of anilines is 2. The number of carbonyl (C=O) groups excluding carboxylic acids is 1. The third-order valence-corrected chi connectivity index (χ3v) is 9.11. The van der Waals surface area contributed by atoms with Crippen LogP contribution in [0.5, 0.6) is 0 Å². The first-order valence-corrected chi connectivity index (χ1v) is 17.2. The highest BCUT2D eigenvalue weighted by molar-refractivity contribution is 6.33. The van der Waals surface area contributed by atoms with E-state index < -0.39 is 17.8 Å². The summed E-state index contributed by atoms with van der Waals surface area (Å²) in [4.78, 5) is 21.0. The molecule has 49 heavy (non-hydrogen) atoms. The van der Waals surface area contributed by atoms with Crippen LogP contribution in [0.15, 0.2) is 30.5 Å². The minimum Gasteiger partial charge on any atom is -0.435 e. The lowest BCUT2D eigenvalue weighted by atomic mass is 9.82. The zero-order valence-corrected chi connectivity index (χ0v) is 29.0. The fourth-order valence-corrected chi connectivity index (χ4v) is 6.27. The molecular formula is C33H45ClN10O5. The van der Waals surface area contributed by atoms with Crippen molar-refractivity contribution in [2.75, 3.05) is 43.6 Å². The average molecular weight is 697 g/mol. The molecule has 0 unspecified atom stereocenters. The Hall–Kier alpha value is -4.10. The number of nitriles is 1. The number of hydrogen-bond acceptors (Lipinski definition) is 14. The molecule has 16 heteroatoms. The maximum atomic E-state index is 11.6. The van der Waals surface area contributed by atoms with Crippen LogP contribution in [0.25, 0.3) is 11.3 Å². The second-order valence-corrected chi connectivity index (χ2v) is 12.9. The maximum absolute atomic E-state index is 11.6. The van der Waals surface area contributed by atoms with Gasteiger partial charge in [0, 0.05) is 49.6 Å². The number of tetrazole rings is 1. The van der Waals surface area contributed by atoms with Crippen LogP contribution in [0.4, 0.5) is 16.4 Å². The smallest absolute Gasteiger partial charge is 0.435 e. The summed E-state index contributed by atoms with van der Waals surface area (Å²) in [7, 11) is 0. The summed E-state index contributed by atoms with van der Waals surface area (Å²) < 4.78 is 22.7. The summed E-state index contributed by atoms with van der Waals surface area (Å²) in [6.45, 7) is 8.02. The van der Waals surface area contributed by atoms with Crippen molar-refractivity contribution < 1.29 is 23.7 Å². The minimum atomic E-state index is -0.779. The van der Waals surface area contributed by atoms with Crippen LogP contribution in [0.3, 0.4) is 0 Å². The number of nitrogens with one attached hydrogen (secondary N) is 3. The van der Waals surface area contributed by atoms with Crippen molar-refractivity contribution in [2.24, 2.45) is 5.41 Å². The molecule has 0 spiro atoms. The van der Waals surface area contributed by atoms with Crippen molar-refractivity contribution in [1.29, 1.82) is 5.26 Å². The van der Waals surface area contributed by atoms with Crippen molar-refractivity contribution >= 4 is 29.4 Å². The molecule has 3 aromatic rings. The quantitative estimate of drug-likeness (QED) is 0.178. The Balaban J connectivity index is 1.06. The van der Waals surface area contributed by atoms with Crippen LogP contribution in [-0.2, 0) is 25.6 Å². The van der Waals surface area contributed by atoms with Crippen LogP contribution in [0.2, 0.25) is 5.02 Å². The second kappa shape index (κ2) is 17.5. The maximum Gasteiger partial charge on any atom is 0.510 e. The lowest BCUT2D eigenvalue weighted by Crippen LogP contribution is -2.43. The van der Waals surface area contributed by atoms with E-state index in [1.165, 1.54) is 4.68 Å². The molecule has 2 aliphatic rings. The van der Waals surface area contributed by atoms with Gasteiger partial charge in [-0.05, 0) is 87.9 Å². The fourth-order valence-electron chi connectivity index (χ4n) is 6.07. The normalized spacial score (nSPS) is 20.1. The summed E-state index contributed by atoms with van der Waals surface area (Å²) in [6.07, 6.45) is 5.56. The van der Waals surface area contributed by atoms with Crippen molar-refractivity contribution in [3.05, 3.63) is 41.3 Å². The molecule has 4 heterocycles.